The van der Waals surface area contributed by atoms with Crippen LogP contribution >= 0.6 is 0 Å². The monoisotopic (exact) mass is 161 g/mol. The zero-order valence-corrected chi connectivity index (χ0v) is 6.24. The van der Waals surface area contributed by atoms with Gasteiger partial charge < -0.3 is 9.82 Å². The van der Waals surface area contributed by atoms with E-state index in [2.05, 4.69) is 15.5 Å². The van der Waals surface area contributed by atoms with E-state index in [9.17, 15) is 0 Å². The number of hydrogen-bond acceptors (Lipinski definition) is 3. The Morgan fingerprint density at radius 3 is 3.50 bits per heavy atom. The first kappa shape index (κ1) is 6.02. The molecule has 60 valence electrons. The van der Waals surface area contributed by atoms with Crippen LogP contribution in [0.25, 0.3) is 0 Å². The zero-order valence-electron chi connectivity index (χ0n) is 6.24. The standard InChI is InChI=1S/C8H7N3O/c1-2-9-8-6(1)7-5(3-10-8)4-12-11-7/h1-4,7,9,11H. The lowest BCUT2D eigenvalue weighted by Gasteiger charge is -2.13. The Bertz CT molecular complexity index is 377. The van der Waals surface area contributed by atoms with E-state index in [4.69, 9.17) is 4.84 Å². The third-order valence-electron chi connectivity index (χ3n) is 2.12. The van der Waals surface area contributed by atoms with Gasteiger partial charge in [0.15, 0.2) is 0 Å². The van der Waals surface area contributed by atoms with Gasteiger partial charge in [-0.15, -0.1) is 5.48 Å². The van der Waals surface area contributed by atoms with Crippen molar-refractivity contribution in [1.82, 2.24) is 10.5 Å². The molecule has 0 saturated heterocycles. The lowest BCUT2D eigenvalue weighted by molar-refractivity contribution is 0.142. The van der Waals surface area contributed by atoms with E-state index >= 15 is 0 Å². The molecule has 4 heteroatoms. The van der Waals surface area contributed by atoms with Crippen molar-refractivity contribution < 1.29 is 4.84 Å². The van der Waals surface area contributed by atoms with Gasteiger partial charge in [-0.2, -0.15) is 0 Å². The molecule has 0 radical (unpaired) electrons. The van der Waals surface area contributed by atoms with Gasteiger partial charge in [0.1, 0.15) is 18.1 Å². The number of hydroxylamine groups is 1. The summed E-state index contributed by atoms with van der Waals surface area (Å²) >= 11 is 0. The number of nitrogens with one attached hydrogen (secondary N) is 2. The minimum atomic E-state index is 0.156. The largest absolute Gasteiger partial charge is 0.415 e. The van der Waals surface area contributed by atoms with Gasteiger partial charge in [-0.3, -0.25) is 0 Å². The van der Waals surface area contributed by atoms with Gasteiger partial charge in [0, 0.05) is 23.5 Å². The number of aromatic nitrogens is 1. The van der Waals surface area contributed by atoms with Crippen LogP contribution in [0.1, 0.15) is 11.6 Å². The third-order valence-corrected chi connectivity index (χ3v) is 2.12. The molecule has 0 saturated carbocycles. The molecule has 0 fully saturated rings. The second-order valence-electron chi connectivity index (χ2n) is 2.83. The molecule has 3 rings (SSSR count). The van der Waals surface area contributed by atoms with Gasteiger partial charge in [-0.1, -0.05) is 0 Å². The molecule has 2 aliphatic heterocycles. The molecule has 0 aliphatic carbocycles. The number of aromatic amines is 1. The average Bonchev–Trinajstić information content (AvgIpc) is 2.71. The van der Waals surface area contributed by atoms with Crippen LogP contribution in [-0.4, -0.2) is 11.2 Å². The Balaban J connectivity index is 2.20. The smallest absolute Gasteiger partial charge is 0.135 e. The minimum Gasteiger partial charge on any atom is -0.415 e. The highest BCUT2D eigenvalue weighted by Crippen LogP contribution is 2.34. The predicted octanol–water partition coefficient (Wildman–Crippen LogP) is 1.19. The van der Waals surface area contributed by atoms with E-state index in [1.54, 1.807) is 6.26 Å². The first-order chi connectivity index (χ1) is 5.95. The van der Waals surface area contributed by atoms with Crippen LogP contribution in [0, 0.1) is 0 Å². The van der Waals surface area contributed by atoms with Crippen LogP contribution in [0.2, 0.25) is 0 Å². The summed E-state index contributed by atoms with van der Waals surface area (Å²) in [4.78, 5) is 12.3. The van der Waals surface area contributed by atoms with Gasteiger partial charge in [-0.25, -0.2) is 4.99 Å². The van der Waals surface area contributed by atoms with Crippen molar-refractivity contribution in [3.63, 3.8) is 0 Å². The molecule has 1 aromatic rings. The summed E-state index contributed by atoms with van der Waals surface area (Å²) in [5, 5.41) is 0. The molecule has 0 amide bonds. The maximum Gasteiger partial charge on any atom is 0.135 e. The summed E-state index contributed by atoms with van der Waals surface area (Å²) in [6, 6.07) is 2.16. The van der Waals surface area contributed by atoms with Gasteiger partial charge in [0.05, 0.1) is 0 Å². The van der Waals surface area contributed by atoms with Crippen molar-refractivity contribution in [3.8, 4) is 0 Å². The van der Waals surface area contributed by atoms with E-state index in [1.807, 2.05) is 18.5 Å². The number of nitrogens with zero attached hydrogens (tertiary/aromatic N) is 1. The first-order valence-electron chi connectivity index (χ1n) is 3.78. The molecule has 12 heavy (non-hydrogen) atoms. The molecule has 1 unspecified atom stereocenters. The molecule has 2 N–H and O–H groups in total. The highest BCUT2D eigenvalue weighted by molar-refractivity contribution is 5.86. The van der Waals surface area contributed by atoms with Crippen molar-refractivity contribution in [2.75, 3.05) is 0 Å². The van der Waals surface area contributed by atoms with Crippen LogP contribution in [-0.2, 0) is 4.84 Å². The molecule has 1 atom stereocenters. The van der Waals surface area contributed by atoms with Crippen LogP contribution < -0.4 is 5.48 Å². The number of rotatable bonds is 0. The Kier molecular flexibility index (Phi) is 0.995. The fraction of sp³-hybridized carbons (Fsp3) is 0.125. The van der Waals surface area contributed by atoms with Crippen molar-refractivity contribution in [2.24, 2.45) is 4.99 Å². The summed E-state index contributed by atoms with van der Waals surface area (Å²) in [7, 11) is 0. The van der Waals surface area contributed by atoms with E-state index in [1.165, 1.54) is 0 Å². The molecule has 0 spiro atoms. The second kappa shape index (κ2) is 1.98. The number of hydrogen-bond donors (Lipinski definition) is 2. The van der Waals surface area contributed by atoms with Crippen LogP contribution in [0.5, 0.6) is 0 Å². The summed E-state index contributed by atoms with van der Waals surface area (Å²) in [6.07, 6.45) is 5.37. The topological polar surface area (TPSA) is 49.4 Å². The molecule has 0 aromatic carbocycles. The average molecular weight is 161 g/mol. The quantitative estimate of drug-likeness (QED) is 0.600. The fourth-order valence-electron chi connectivity index (χ4n) is 1.51. The highest BCUT2D eigenvalue weighted by atomic mass is 16.6. The van der Waals surface area contributed by atoms with Crippen molar-refractivity contribution >= 4 is 12.0 Å². The molecular formula is C8H7N3O. The molecule has 2 aliphatic rings. The molecular weight excluding hydrogens is 154 g/mol. The molecule has 3 heterocycles. The summed E-state index contributed by atoms with van der Waals surface area (Å²) in [5.74, 6) is 0.912. The Labute approximate surface area is 68.9 Å². The fourth-order valence-corrected chi connectivity index (χ4v) is 1.51. The lowest BCUT2D eigenvalue weighted by Crippen LogP contribution is -2.16. The Morgan fingerprint density at radius 2 is 2.50 bits per heavy atom. The summed E-state index contributed by atoms with van der Waals surface area (Å²) in [5.41, 5.74) is 5.11. The summed E-state index contributed by atoms with van der Waals surface area (Å²) in [6.45, 7) is 0. The Hall–Kier alpha value is -1.55. The van der Waals surface area contributed by atoms with E-state index < -0.39 is 0 Å². The maximum absolute atomic E-state index is 5.00. The zero-order chi connectivity index (χ0) is 7.97. The predicted molar refractivity (Wildman–Crippen MR) is 44.0 cm³/mol. The number of fused-ring (bicyclic) bond motifs is 3. The van der Waals surface area contributed by atoms with Crippen LogP contribution in [0.15, 0.2) is 29.1 Å². The highest BCUT2D eigenvalue weighted by Gasteiger charge is 2.27. The van der Waals surface area contributed by atoms with Crippen LogP contribution in [0.4, 0.5) is 5.82 Å². The van der Waals surface area contributed by atoms with E-state index in [-0.39, 0.29) is 6.04 Å². The van der Waals surface area contributed by atoms with Gasteiger partial charge in [0.2, 0.25) is 0 Å². The van der Waals surface area contributed by atoms with Gasteiger partial charge in [-0.05, 0) is 6.07 Å². The van der Waals surface area contributed by atoms with Gasteiger partial charge in [0.25, 0.3) is 0 Å². The molecule has 4 nitrogen and oxygen atoms in total. The lowest BCUT2D eigenvalue weighted by atomic mass is 10.0. The van der Waals surface area contributed by atoms with Crippen LogP contribution in [0.3, 0.4) is 0 Å². The third kappa shape index (κ3) is 0.622. The number of aliphatic imine (C=N–C) groups is 1. The summed E-state index contributed by atoms with van der Waals surface area (Å²) < 4.78 is 0. The number of H-pyrrole nitrogens is 1. The van der Waals surface area contributed by atoms with Crippen molar-refractivity contribution in [1.29, 1.82) is 0 Å². The molecule has 1 aromatic heterocycles. The Morgan fingerprint density at radius 1 is 1.50 bits per heavy atom. The SMILES string of the molecule is C1=Nc2[nH]ccc2C2NOC=C12. The van der Waals surface area contributed by atoms with Crippen molar-refractivity contribution in [3.05, 3.63) is 29.7 Å². The first-order valence-corrected chi connectivity index (χ1v) is 3.78. The van der Waals surface area contributed by atoms with Crippen molar-refractivity contribution in [2.45, 2.75) is 6.04 Å². The second-order valence-corrected chi connectivity index (χ2v) is 2.83. The normalized spacial score (nSPS) is 24.3. The minimum absolute atomic E-state index is 0.156. The van der Waals surface area contributed by atoms with E-state index in [0.717, 1.165) is 17.0 Å². The molecule has 0 bridgehead atoms. The maximum atomic E-state index is 5.00. The van der Waals surface area contributed by atoms with E-state index in [0.29, 0.717) is 0 Å². The van der Waals surface area contributed by atoms with Gasteiger partial charge >= 0.3 is 0 Å².